The van der Waals surface area contributed by atoms with Crippen LogP contribution in [0, 0.1) is 29.5 Å². The number of benzene rings is 1. The van der Waals surface area contributed by atoms with Crippen LogP contribution in [-0.2, 0) is 0 Å². The molecule has 1 N–H and O–H groups in total. The van der Waals surface area contributed by atoms with Crippen molar-refractivity contribution in [1.29, 1.82) is 0 Å². The lowest BCUT2D eigenvalue weighted by molar-refractivity contribution is 0.155. The van der Waals surface area contributed by atoms with E-state index in [0.717, 1.165) is 11.6 Å². The summed E-state index contributed by atoms with van der Waals surface area (Å²) < 4.78 is 13.7. The van der Waals surface area contributed by atoms with Crippen LogP contribution < -0.4 is 5.32 Å². The van der Waals surface area contributed by atoms with Gasteiger partial charge in [0, 0.05) is 11.7 Å². The predicted molar refractivity (Wildman–Crippen MR) is 77.8 cm³/mol. The molecular formula is C17H24FN. The van der Waals surface area contributed by atoms with Crippen LogP contribution in [0.4, 0.5) is 10.1 Å². The highest BCUT2D eigenvalue weighted by molar-refractivity contribution is 5.47. The third kappa shape index (κ3) is 1.87. The standard InChI is InChI=1S/C17H24FN/c1-11-5-6-13(9-14(11)18)19-15-16(2,3)12-7-8-17(15,4)10-12/h5-6,9,12,15,19H,7-8,10H2,1-4H3. The Morgan fingerprint density at radius 1 is 1.26 bits per heavy atom. The van der Waals surface area contributed by atoms with Gasteiger partial charge in [0.2, 0.25) is 0 Å². The minimum Gasteiger partial charge on any atom is -0.381 e. The van der Waals surface area contributed by atoms with Crippen LogP contribution >= 0.6 is 0 Å². The van der Waals surface area contributed by atoms with Crippen LogP contribution in [0.1, 0.15) is 45.6 Å². The molecule has 2 heteroatoms. The van der Waals surface area contributed by atoms with Gasteiger partial charge in [-0.15, -0.1) is 0 Å². The Balaban J connectivity index is 1.88. The summed E-state index contributed by atoms with van der Waals surface area (Å²) in [5, 5.41) is 3.63. The highest BCUT2D eigenvalue weighted by Crippen LogP contribution is 2.63. The number of fused-ring (bicyclic) bond motifs is 2. The van der Waals surface area contributed by atoms with Crippen LogP contribution in [0.5, 0.6) is 0 Å². The molecule has 3 unspecified atom stereocenters. The summed E-state index contributed by atoms with van der Waals surface area (Å²) in [4.78, 5) is 0. The summed E-state index contributed by atoms with van der Waals surface area (Å²) in [6, 6.07) is 5.95. The predicted octanol–water partition coefficient (Wildman–Crippen LogP) is 4.76. The molecule has 2 fully saturated rings. The van der Waals surface area contributed by atoms with Crippen LogP contribution in [-0.4, -0.2) is 6.04 Å². The minimum atomic E-state index is -0.115. The van der Waals surface area contributed by atoms with Crippen LogP contribution in [0.2, 0.25) is 0 Å². The van der Waals surface area contributed by atoms with Crippen molar-refractivity contribution < 1.29 is 4.39 Å². The van der Waals surface area contributed by atoms with Gasteiger partial charge in [-0.3, -0.25) is 0 Å². The van der Waals surface area contributed by atoms with Crippen molar-refractivity contribution >= 4 is 5.69 Å². The average Bonchev–Trinajstić information content (AvgIpc) is 2.80. The first-order valence-electron chi connectivity index (χ1n) is 7.36. The van der Waals surface area contributed by atoms with Gasteiger partial charge in [0.1, 0.15) is 5.82 Å². The Morgan fingerprint density at radius 2 is 2.00 bits per heavy atom. The molecule has 3 atom stereocenters. The van der Waals surface area contributed by atoms with Gasteiger partial charge in [-0.2, -0.15) is 0 Å². The molecular weight excluding hydrogens is 237 g/mol. The molecule has 2 bridgehead atoms. The Labute approximate surface area is 115 Å². The van der Waals surface area contributed by atoms with Gasteiger partial charge in [0.25, 0.3) is 0 Å². The van der Waals surface area contributed by atoms with Gasteiger partial charge in [0.15, 0.2) is 0 Å². The van der Waals surface area contributed by atoms with Gasteiger partial charge in [-0.05, 0) is 60.6 Å². The number of anilines is 1. The van der Waals surface area contributed by atoms with Crippen molar-refractivity contribution in [2.75, 3.05) is 5.32 Å². The molecule has 104 valence electrons. The molecule has 3 rings (SSSR count). The first-order valence-corrected chi connectivity index (χ1v) is 7.36. The van der Waals surface area contributed by atoms with Gasteiger partial charge < -0.3 is 5.32 Å². The van der Waals surface area contributed by atoms with Crippen molar-refractivity contribution in [2.45, 2.75) is 53.0 Å². The molecule has 19 heavy (non-hydrogen) atoms. The normalized spacial score (nSPS) is 35.6. The van der Waals surface area contributed by atoms with E-state index in [0.29, 0.717) is 22.4 Å². The Hall–Kier alpha value is -1.05. The van der Waals surface area contributed by atoms with Crippen molar-refractivity contribution in [3.63, 3.8) is 0 Å². The van der Waals surface area contributed by atoms with Crippen molar-refractivity contribution in [3.8, 4) is 0 Å². The zero-order chi connectivity index (χ0) is 13.8. The average molecular weight is 261 g/mol. The summed E-state index contributed by atoms with van der Waals surface area (Å²) in [6.45, 7) is 8.93. The maximum Gasteiger partial charge on any atom is 0.128 e. The zero-order valence-corrected chi connectivity index (χ0v) is 12.4. The minimum absolute atomic E-state index is 0.115. The fourth-order valence-corrected chi connectivity index (χ4v) is 4.51. The zero-order valence-electron chi connectivity index (χ0n) is 12.4. The van der Waals surface area contributed by atoms with E-state index >= 15 is 0 Å². The third-order valence-electron chi connectivity index (χ3n) is 5.75. The molecule has 0 saturated heterocycles. The highest BCUT2D eigenvalue weighted by atomic mass is 19.1. The number of rotatable bonds is 2. The quantitative estimate of drug-likeness (QED) is 0.809. The second-order valence-electron chi connectivity index (χ2n) is 7.46. The number of nitrogens with one attached hydrogen (secondary N) is 1. The van der Waals surface area contributed by atoms with Crippen molar-refractivity contribution in [2.24, 2.45) is 16.7 Å². The maximum absolute atomic E-state index is 13.7. The smallest absolute Gasteiger partial charge is 0.128 e. The van der Waals surface area contributed by atoms with Crippen molar-refractivity contribution in [3.05, 3.63) is 29.6 Å². The molecule has 0 aromatic heterocycles. The number of hydrogen-bond donors (Lipinski definition) is 1. The molecule has 2 aliphatic rings. The molecule has 2 saturated carbocycles. The van der Waals surface area contributed by atoms with Crippen LogP contribution in [0.15, 0.2) is 18.2 Å². The topological polar surface area (TPSA) is 12.0 Å². The fourth-order valence-electron chi connectivity index (χ4n) is 4.51. The lowest BCUT2D eigenvalue weighted by Gasteiger charge is -2.43. The van der Waals surface area contributed by atoms with E-state index in [9.17, 15) is 4.39 Å². The van der Waals surface area contributed by atoms with E-state index in [-0.39, 0.29) is 5.82 Å². The molecule has 1 aromatic carbocycles. The number of aryl methyl sites for hydroxylation is 1. The Morgan fingerprint density at radius 3 is 2.58 bits per heavy atom. The summed E-state index contributed by atoms with van der Waals surface area (Å²) in [7, 11) is 0. The van der Waals surface area contributed by atoms with Crippen molar-refractivity contribution in [1.82, 2.24) is 0 Å². The largest absolute Gasteiger partial charge is 0.381 e. The summed E-state index contributed by atoms with van der Waals surface area (Å²) >= 11 is 0. The molecule has 0 spiro atoms. The van der Waals surface area contributed by atoms with E-state index in [1.54, 1.807) is 6.07 Å². The van der Waals surface area contributed by atoms with Crippen LogP contribution in [0.3, 0.4) is 0 Å². The maximum atomic E-state index is 13.7. The van der Waals surface area contributed by atoms with E-state index in [2.05, 4.69) is 26.1 Å². The molecule has 0 radical (unpaired) electrons. The molecule has 0 amide bonds. The Kier molecular flexibility index (Phi) is 2.71. The van der Waals surface area contributed by atoms with E-state index < -0.39 is 0 Å². The molecule has 2 aliphatic carbocycles. The first kappa shape index (κ1) is 13.0. The lowest BCUT2D eigenvalue weighted by atomic mass is 9.68. The molecule has 0 heterocycles. The van der Waals surface area contributed by atoms with Gasteiger partial charge in [-0.1, -0.05) is 26.8 Å². The van der Waals surface area contributed by atoms with E-state index in [1.165, 1.54) is 19.3 Å². The molecule has 0 aliphatic heterocycles. The Bertz CT molecular complexity index is 503. The van der Waals surface area contributed by atoms with E-state index in [4.69, 9.17) is 0 Å². The molecule has 1 nitrogen and oxygen atoms in total. The summed E-state index contributed by atoms with van der Waals surface area (Å²) in [5.74, 6) is 0.696. The van der Waals surface area contributed by atoms with Crippen LogP contribution in [0.25, 0.3) is 0 Å². The number of hydrogen-bond acceptors (Lipinski definition) is 1. The number of halogens is 1. The van der Waals surface area contributed by atoms with Gasteiger partial charge in [0.05, 0.1) is 0 Å². The fraction of sp³-hybridized carbons (Fsp3) is 0.647. The molecule has 1 aromatic rings. The lowest BCUT2D eigenvalue weighted by Crippen LogP contribution is -2.45. The SMILES string of the molecule is Cc1ccc(NC2C3(C)CCC(C3)C2(C)C)cc1F. The first-order chi connectivity index (χ1) is 8.83. The summed E-state index contributed by atoms with van der Waals surface area (Å²) in [6.07, 6.45) is 3.96. The van der Waals surface area contributed by atoms with Gasteiger partial charge in [-0.25, -0.2) is 4.39 Å². The second kappa shape index (κ2) is 3.97. The van der Waals surface area contributed by atoms with E-state index in [1.807, 2.05) is 19.1 Å². The third-order valence-corrected chi connectivity index (χ3v) is 5.75. The second-order valence-corrected chi connectivity index (χ2v) is 7.46. The van der Waals surface area contributed by atoms with Gasteiger partial charge >= 0.3 is 0 Å². The highest BCUT2D eigenvalue weighted by Gasteiger charge is 2.59. The monoisotopic (exact) mass is 261 g/mol. The summed E-state index contributed by atoms with van der Waals surface area (Å²) in [5.41, 5.74) is 2.31.